The van der Waals surface area contributed by atoms with E-state index in [0.29, 0.717) is 19.8 Å². The molecule has 3 atom stereocenters. The zero-order valence-corrected chi connectivity index (χ0v) is 14.1. The van der Waals surface area contributed by atoms with E-state index in [1.165, 1.54) is 5.56 Å². The Kier molecular flexibility index (Phi) is 4.48. The van der Waals surface area contributed by atoms with E-state index < -0.39 is 0 Å². The van der Waals surface area contributed by atoms with Crippen LogP contribution in [0, 0.1) is 0 Å². The Labute approximate surface area is 145 Å². The van der Waals surface area contributed by atoms with Crippen LogP contribution in [0.4, 0.5) is 0 Å². The first-order chi connectivity index (χ1) is 11.7. The lowest BCUT2D eigenvalue weighted by molar-refractivity contribution is -0.131. The largest absolute Gasteiger partial charge is 0.379 e. The molecule has 0 saturated carbocycles. The number of fused-ring (bicyclic) bond motifs is 1. The number of aromatic amines is 1. The van der Waals surface area contributed by atoms with Gasteiger partial charge in [-0.25, -0.2) is 0 Å². The standard InChI is InChI=1S/C18H21ClN2O3/c19-12-3-4-16-14(7-12)15(8-20-16)11-6-13(10-23-9-11)21-18(22)17-2-1-5-24-17/h3-4,7-8,11,13,17,20H,1-2,5-6,9-10H2,(H,21,22)/t11-,13?,17-/m0/s1. The van der Waals surface area contributed by atoms with E-state index in [1.807, 2.05) is 24.4 Å². The molecule has 2 aliphatic heterocycles. The summed E-state index contributed by atoms with van der Waals surface area (Å²) in [7, 11) is 0. The quantitative estimate of drug-likeness (QED) is 0.896. The maximum atomic E-state index is 12.2. The van der Waals surface area contributed by atoms with E-state index in [0.717, 1.165) is 35.2 Å². The second kappa shape index (κ2) is 6.75. The van der Waals surface area contributed by atoms with Crippen LogP contribution in [-0.2, 0) is 14.3 Å². The van der Waals surface area contributed by atoms with Gasteiger partial charge in [0.25, 0.3) is 0 Å². The first-order valence-corrected chi connectivity index (χ1v) is 8.85. The van der Waals surface area contributed by atoms with E-state index in [-0.39, 0.29) is 24.0 Å². The lowest BCUT2D eigenvalue weighted by Gasteiger charge is -2.30. The number of nitrogens with one attached hydrogen (secondary N) is 2. The summed E-state index contributed by atoms with van der Waals surface area (Å²) >= 11 is 6.14. The van der Waals surface area contributed by atoms with Gasteiger partial charge < -0.3 is 19.8 Å². The van der Waals surface area contributed by atoms with Crippen molar-refractivity contribution in [2.75, 3.05) is 19.8 Å². The number of ether oxygens (including phenoxy) is 2. The van der Waals surface area contributed by atoms with Gasteiger partial charge in [-0.1, -0.05) is 11.6 Å². The Morgan fingerprint density at radius 2 is 2.25 bits per heavy atom. The summed E-state index contributed by atoms with van der Waals surface area (Å²) in [5, 5.41) is 4.94. The fourth-order valence-corrected chi connectivity index (χ4v) is 3.85. The summed E-state index contributed by atoms with van der Waals surface area (Å²) < 4.78 is 11.2. The molecule has 24 heavy (non-hydrogen) atoms. The summed E-state index contributed by atoms with van der Waals surface area (Å²) in [6.45, 7) is 1.89. The summed E-state index contributed by atoms with van der Waals surface area (Å²) in [5.41, 5.74) is 2.27. The average Bonchev–Trinajstić information content (AvgIpc) is 3.24. The SMILES string of the molecule is O=C(NC1COC[C@@H](c2c[nH]c3ccc(Cl)cc23)C1)[C@@H]1CCCO1. The monoisotopic (exact) mass is 348 g/mol. The van der Waals surface area contributed by atoms with Crippen molar-refractivity contribution in [3.63, 3.8) is 0 Å². The zero-order valence-electron chi connectivity index (χ0n) is 13.4. The number of H-pyrrole nitrogens is 1. The van der Waals surface area contributed by atoms with Crippen molar-refractivity contribution in [3.8, 4) is 0 Å². The van der Waals surface area contributed by atoms with Gasteiger partial charge in [-0.3, -0.25) is 4.79 Å². The van der Waals surface area contributed by atoms with Crippen molar-refractivity contribution in [2.45, 2.75) is 37.3 Å². The van der Waals surface area contributed by atoms with E-state index in [1.54, 1.807) is 0 Å². The second-order valence-electron chi connectivity index (χ2n) is 6.61. The Bertz CT molecular complexity index is 739. The smallest absolute Gasteiger partial charge is 0.249 e. The highest BCUT2D eigenvalue weighted by atomic mass is 35.5. The number of halogens is 1. The molecule has 1 aromatic heterocycles. The van der Waals surface area contributed by atoms with E-state index in [4.69, 9.17) is 21.1 Å². The highest BCUT2D eigenvalue weighted by molar-refractivity contribution is 6.31. The summed E-state index contributed by atoms with van der Waals surface area (Å²) in [6, 6.07) is 5.87. The molecule has 0 aliphatic carbocycles. The Hall–Kier alpha value is -1.56. The highest BCUT2D eigenvalue weighted by Crippen LogP contribution is 2.32. The number of hydrogen-bond donors (Lipinski definition) is 2. The lowest BCUT2D eigenvalue weighted by Crippen LogP contribution is -2.46. The topological polar surface area (TPSA) is 63.3 Å². The van der Waals surface area contributed by atoms with Crippen molar-refractivity contribution in [3.05, 3.63) is 35.0 Å². The predicted octanol–water partition coefficient (Wildman–Crippen LogP) is 2.99. The van der Waals surface area contributed by atoms with Gasteiger partial charge in [-0.15, -0.1) is 0 Å². The van der Waals surface area contributed by atoms with Crippen LogP contribution >= 0.6 is 11.6 Å². The molecular formula is C18H21ClN2O3. The molecule has 1 amide bonds. The molecule has 1 unspecified atom stereocenters. The van der Waals surface area contributed by atoms with Crippen molar-refractivity contribution in [1.29, 1.82) is 0 Å². The van der Waals surface area contributed by atoms with Crippen molar-refractivity contribution >= 4 is 28.4 Å². The number of rotatable bonds is 3. The molecule has 0 bridgehead atoms. The third-order valence-corrected chi connectivity index (χ3v) is 5.13. The molecule has 2 saturated heterocycles. The Balaban J connectivity index is 1.47. The molecule has 3 heterocycles. The first kappa shape index (κ1) is 15.9. The van der Waals surface area contributed by atoms with E-state index >= 15 is 0 Å². The van der Waals surface area contributed by atoms with Gasteiger partial charge in [0, 0.05) is 34.6 Å². The van der Waals surface area contributed by atoms with Crippen LogP contribution in [0.25, 0.3) is 10.9 Å². The minimum absolute atomic E-state index is 0.0104. The number of carbonyl (C=O) groups excluding carboxylic acids is 1. The molecule has 2 fully saturated rings. The van der Waals surface area contributed by atoms with Gasteiger partial charge in [-0.2, -0.15) is 0 Å². The minimum atomic E-state index is -0.294. The van der Waals surface area contributed by atoms with Crippen LogP contribution in [0.15, 0.2) is 24.4 Å². The molecular weight excluding hydrogens is 328 g/mol. The minimum Gasteiger partial charge on any atom is -0.379 e. The predicted molar refractivity (Wildman–Crippen MR) is 92.4 cm³/mol. The van der Waals surface area contributed by atoms with E-state index in [9.17, 15) is 4.79 Å². The van der Waals surface area contributed by atoms with E-state index in [2.05, 4.69) is 10.3 Å². The summed E-state index contributed by atoms with van der Waals surface area (Å²) in [4.78, 5) is 15.5. The van der Waals surface area contributed by atoms with Crippen molar-refractivity contribution in [2.24, 2.45) is 0 Å². The number of carbonyl (C=O) groups is 1. The summed E-state index contributed by atoms with van der Waals surface area (Å²) in [5.74, 6) is 0.226. The molecule has 128 valence electrons. The van der Waals surface area contributed by atoms with Crippen LogP contribution in [0.5, 0.6) is 0 Å². The Morgan fingerprint density at radius 3 is 3.08 bits per heavy atom. The molecule has 0 radical (unpaired) electrons. The van der Waals surface area contributed by atoms with Gasteiger partial charge in [-0.05, 0) is 43.0 Å². The Morgan fingerprint density at radius 1 is 1.33 bits per heavy atom. The van der Waals surface area contributed by atoms with Gasteiger partial charge >= 0.3 is 0 Å². The number of hydrogen-bond acceptors (Lipinski definition) is 3. The lowest BCUT2D eigenvalue weighted by atomic mass is 9.91. The fourth-order valence-electron chi connectivity index (χ4n) is 3.68. The zero-order chi connectivity index (χ0) is 16.5. The van der Waals surface area contributed by atoms with Gasteiger partial charge in [0.15, 0.2) is 0 Å². The summed E-state index contributed by atoms with van der Waals surface area (Å²) in [6.07, 6.45) is 4.36. The van der Waals surface area contributed by atoms with Gasteiger partial charge in [0.05, 0.1) is 19.3 Å². The normalized spacial score (nSPS) is 27.5. The molecule has 2 N–H and O–H groups in total. The van der Waals surface area contributed by atoms with Crippen LogP contribution in [0.1, 0.15) is 30.7 Å². The first-order valence-electron chi connectivity index (χ1n) is 8.47. The third kappa shape index (κ3) is 3.16. The van der Waals surface area contributed by atoms with Crippen LogP contribution in [-0.4, -0.2) is 42.9 Å². The molecule has 4 rings (SSSR count). The fraction of sp³-hybridized carbons (Fsp3) is 0.500. The number of amides is 1. The maximum Gasteiger partial charge on any atom is 0.249 e. The second-order valence-corrected chi connectivity index (χ2v) is 7.05. The molecule has 2 aliphatic rings. The van der Waals surface area contributed by atoms with Gasteiger partial charge in [0.2, 0.25) is 5.91 Å². The third-order valence-electron chi connectivity index (χ3n) is 4.89. The highest BCUT2D eigenvalue weighted by Gasteiger charge is 2.30. The average molecular weight is 349 g/mol. The number of benzene rings is 1. The molecule has 2 aromatic rings. The maximum absolute atomic E-state index is 12.2. The molecule has 6 heteroatoms. The van der Waals surface area contributed by atoms with Crippen LogP contribution < -0.4 is 5.32 Å². The van der Waals surface area contributed by atoms with Crippen LogP contribution in [0.3, 0.4) is 0 Å². The molecule has 5 nitrogen and oxygen atoms in total. The van der Waals surface area contributed by atoms with Gasteiger partial charge in [0.1, 0.15) is 6.10 Å². The van der Waals surface area contributed by atoms with Crippen molar-refractivity contribution in [1.82, 2.24) is 10.3 Å². The molecule has 0 spiro atoms. The van der Waals surface area contributed by atoms with Crippen molar-refractivity contribution < 1.29 is 14.3 Å². The number of aromatic nitrogens is 1. The molecule has 1 aromatic carbocycles. The van der Waals surface area contributed by atoms with Crippen LogP contribution in [0.2, 0.25) is 5.02 Å².